The Morgan fingerprint density at radius 2 is 1.83 bits per heavy atom. The van der Waals surface area contributed by atoms with E-state index in [-0.39, 0.29) is 0 Å². The number of ether oxygens (including phenoxy) is 1. The van der Waals surface area contributed by atoms with E-state index < -0.39 is 8.07 Å². The van der Waals surface area contributed by atoms with Gasteiger partial charge in [-0.25, -0.2) is 0 Å². The summed E-state index contributed by atoms with van der Waals surface area (Å²) < 4.78 is 5.69. The molecule has 1 saturated heterocycles. The van der Waals surface area contributed by atoms with Gasteiger partial charge in [-0.2, -0.15) is 0 Å². The molecule has 0 aromatic heterocycles. The van der Waals surface area contributed by atoms with Crippen molar-refractivity contribution in [2.75, 3.05) is 0 Å². The van der Waals surface area contributed by atoms with Gasteiger partial charge < -0.3 is 4.74 Å². The van der Waals surface area contributed by atoms with Crippen LogP contribution in [0.15, 0.2) is 0 Å². The lowest BCUT2D eigenvalue weighted by Crippen LogP contribution is -2.34. The molecule has 0 spiro atoms. The molecule has 0 aromatic carbocycles. The first-order valence-electron chi connectivity index (χ1n) is 5.23. The molecule has 12 heavy (non-hydrogen) atoms. The van der Waals surface area contributed by atoms with Crippen molar-refractivity contribution < 1.29 is 4.74 Å². The van der Waals surface area contributed by atoms with Crippen molar-refractivity contribution in [2.24, 2.45) is 11.8 Å². The van der Waals surface area contributed by atoms with Gasteiger partial charge in [0.05, 0.1) is 12.2 Å². The summed E-state index contributed by atoms with van der Waals surface area (Å²) in [5.74, 6) is 1.95. The zero-order chi connectivity index (χ0) is 8.51. The second kappa shape index (κ2) is 1.98. The van der Waals surface area contributed by atoms with Crippen molar-refractivity contribution in [3.8, 4) is 0 Å². The van der Waals surface area contributed by atoms with E-state index in [4.69, 9.17) is 4.74 Å². The maximum Gasteiger partial charge on any atom is 0.0872 e. The van der Waals surface area contributed by atoms with Crippen LogP contribution in [-0.2, 0) is 4.74 Å². The topological polar surface area (TPSA) is 12.5 Å². The number of hydrogen-bond acceptors (Lipinski definition) is 1. The molecule has 3 aliphatic rings. The van der Waals surface area contributed by atoms with Gasteiger partial charge in [0.1, 0.15) is 0 Å². The molecule has 1 nitrogen and oxygen atoms in total. The van der Waals surface area contributed by atoms with Crippen LogP contribution < -0.4 is 0 Å². The molecule has 1 heterocycles. The van der Waals surface area contributed by atoms with E-state index in [1.165, 1.54) is 12.8 Å². The molecule has 2 saturated carbocycles. The van der Waals surface area contributed by atoms with Crippen molar-refractivity contribution in [1.82, 2.24) is 0 Å². The molecular formula is C10H18OSi. The smallest absolute Gasteiger partial charge is 0.0872 e. The van der Waals surface area contributed by atoms with Crippen LogP contribution in [0, 0.1) is 11.8 Å². The van der Waals surface area contributed by atoms with Gasteiger partial charge in [-0.15, -0.1) is 0 Å². The summed E-state index contributed by atoms with van der Waals surface area (Å²) in [7, 11) is -0.873. The monoisotopic (exact) mass is 182 g/mol. The first-order valence-corrected chi connectivity index (χ1v) is 8.80. The van der Waals surface area contributed by atoms with Gasteiger partial charge in [0.15, 0.2) is 0 Å². The summed E-state index contributed by atoms with van der Waals surface area (Å²) >= 11 is 0. The largest absolute Gasteiger partial charge is 0.369 e. The van der Waals surface area contributed by atoms with Gasteiger partial charge >= 0.3 is 0 Å². The van der Waals surface area contributed by atoms with Crippen LogP contribution >= 0.6 is 0 Å². The maximum absolute atomic E-state index is 5.69. The molecule has 0 aromatic rings. The quantitative estimate of drug-likeness (QED) is 0.448. The van der Waals surface area contributed by atoms with Gasteiger partial charge in [-0.1, -0.05) is 19.6 Å². The van der Waals surface area contributed by atoms with E-state index in [2.05, 4.69) is 19.6 Å². The summed E-state index contributed by atoms with van der Waals surface area (Å²) in [5.41, 5.74) is 1.08. The lowest BCUT2D eigenvalue weighted by molar-refractivity contribution is 0.264. The highest BCUT2D eigenvalue weighted by Gasteiger charge is 2.64. The summed E-state index contributed by atoms with van der Waals surface area (Å²) in [4.78, 5) is 0. The van der Waals surface area contributed by atoms with Crippen LogP contribution in [0.5, 0.6) is 0 Å². The van der Waals surface area contributed by atoms with E-state index >= 15 is 0 Å². The molecule has 0 radical (unpaired) electrons. The minimum Gasteiger partial charge on any atom is -0.369 e. The lowest BCUT2D eigenvalue weighted by Gasteiger charge is -2.31. The molecule has 0 N–H and O–H groups in total. The SMILES string of the molecule is C[Si](C)(C)C1CC2CC1C1OC21. The third-order valence-electron chi connectivity index (χ3n) is 4.21. The number of fused-ring (bicyclic) bond motifs is 5. The highest BCUT2D eigenvalue weighted by molar-refractivity contribution is 6.77. The van der Waals surface area contributed by atoms with Crippen LogP contribution in [0.25, 0.3) is 0 Å². The molecule has 68 valence electrons. The van der Waals surface area contributed by atoms with Crippen molar-refractivity contribution in [3.05, 3.63) is 0 Å². The molecule has 3 fully saturated rings. The standard InChI is InChI=1S/C10H18OSi/c1-12(2,3)8-5-6-4-7(8)10-9(6)11-10/h6-10H,4-5H2,1-3H3. The maximum atomic E-state index is 5.69. The Balaban J connectivity index is 1.84. The Bertz CT molecular complexity index is 220. The molecule has 2 bridgehead atoms. The number of epoxide rings is 1. The van der Waals surface area contributed by atoms with Gasteiger partial charge in [0.2, 0.25) is 0 Å². The highest BCUT2D eigenvalue weighted by Crippen LogP contribution is 2.63. The van der Waals surface area contributed by atoms with E-state index in [1.54, 1.807) is 0 Å². The second-order valence-electron chi connectivity index (χ2n) is 5.93. The fourth-order valence-corrected chi connectivity index (χ4v) is 6.22. The third-order valence-corrected chi connectivity index (χ3v) is 7.10. The third kappa shape index (κ3) is 0.828. The Morgan fingerprint density at radius 3 is 2.33 bits per heavy atom. The molecule has 2 aliphatic carbocycles. The fraction of sp³-hybridized carbons (Fsp3) is 1.00. The lowest BCUT2D eigenvalue weighted by atomic mass is 10.0. The minimum atomic E-state index is -0.873. The van der Waals surface area contributed by atoms with Gasteiger partial charge in [0.25, 0.3) is 0 Å². The van der Waals surface area contributed by atoms with Crippen LogP contribution in [-0.4, -0.2) is 20.3 Å². The molecule has 5 unspecified atom stereocenters. The van der Waals surface area contributed by atoms with E-state index in [9.17, 15) is 0 Å². The summed E-state index contributed by atoms with van der Waals surface area (Å²) in [6, 6.07) is 0. The van der Waals surface area contributed by atoms with Crippen molar-refractivity contribution >= 4 is 8.07 Å². The fourth-order valence-electron chi connectivity index (χ4n) is 3.60. The zero-order valence-corrected chi connectivity index (χ0v) is 9.21. The average Bonchev–Trinajstić information content (AvgIpc) is 2.55. The van der Waals surface area contributed by atoms with Crippen molar-refractivity contribution in [3.63, 3.8) is 0 Å². The van der Waals surface area contributed by atoms with Crippen molar-refractivity contribution in [1.29, 1.82) is 0 Å². The Labute approximate surface area is 75.5 Å². The Kier molecular flexibility index (Phi) is 1.25. The predicted molar refractivity (Wildman–Crippen MR) is 52.0 cm³/mol. The molecule has 1 aliphatic heterocycles. The molecule has 2 heteroatoms. The zero-order valence-electron chi connectivity index (χ0n) is 8.21. The normalized spacial score (nSPS) is 55.8. The van der Waals surface area contributed by atoms with Gasteiger partial charge in [-0.05, 0) is 30.2 Å². The molecular weight excluding hydrogens is 164 g/mol. The van der Waals surface area contributed by atoms with Gasteiger partial charge in [0, 0.05) is 8.07 Å². The molecule has 5 atom stereocenters. The molecule has 0 amide bonds. The second-order valence-corrected chi connectivity index (χ2v) is 11.4. The molecule has 3 rings (SSSR count). The van der Waals surface area contributed by atoms with Crippen LogP contribution in [0.1, 0.15) is 12.8 Å². The summed E-state index contributed by atoms with van der Waals surface area (Å²) in [6.07, 6.45) is 4.45. The van der Waals surface area contributed by atoms with Crippen molar-refractivity contribution in [2.45, 2.75) is 50.2 Å². The van der Waals surface area contributed by atoms with E-state index in [0.717, 1.165) is 29.6 Å². The van der Waals surface area contributed by atoms with Crippen LogP contribution in [0.4, 0.5) is 0 Å². The first-order chi connectivity index (χ1) is 5.57. The van der Waals surface area contributed by atoms with Crippen LogP contribution in [0.3, 0.4) is 0 Å². The predicted octanol–water partition coefficient (Wildman–Crippen LogP) is 2.50. The Morgan fingerprint density at radius 1 is 1.08 bits per heavy atom. The van der Waals surface area contributed by atoms with Gasteiger partial charge in [-0.3, -0.25) is 0 Å². The number of hydrogen-bond donors (Lipinski definition) is 0. The highest BCUT2D eigenvalue weighted by atomic mass is 28.3. The Hall–Kier alpha value is 0.177. The summed E-state index contributed by atoms with van der Waals surface area (Å²) in [6.45, 7) is 7.57. The number of rotatable bonds is 1. The first kappa shape index (κ1) is 7.57. The van der Waals surface area contributed by atoms with E-state index in [0.29, 0.717) is 0 Å². The summed E-state index contributed by atoms with van der Waals surface area (Å²) in [5, 5.41) is 0. The average molecular weight is 182 g/mol. The minimum absolute atomic E-state index is 0.723. The van der Waals surface area contributed by atoms with E-state index in [1.807, 2.05) is 0 Å². The van der Waals surface area contributed by atoms with Crippen LogP contribution in [0.2, 0.25) is 25.2 Å².